The monoisotopic (exact) mass is 347 g/mol. The third kappa shape index (κ3) is 5.07. The number of thiocarbonyl (C=S) groups is 1. The average molecular weight is 347 g/mol. The van der Waals surface area contributed by atoms with Crippen molar-refractivity contribution in [3.8, 4) is 11.8 Å². The van der Waals surface area contributed by atoms with Gasteiger partial charge in [0.15, 0.2) is 11.6 Å². The number of hydrogen-bond donors (Lipinski definition) is 0. The van der Waals surface area contributed by atoms with Crippen molar-refractivity contribution in [2.24, 2.45) is 4.99 Å². The van der Waals surface area contributed by atoms with Crippen LogP contribution in [0.5, 0.6) is 0 Å². The number of aryl methyl sites for hydroxylation is 1. The third-order valence-corrected chi connectivity index (χ3v) is 4.34. The van der Waals surface area contributed by atoms with Gasteiger partial charge in [-0.1, -0.05) is 31.6 Å². The average Bonchev–Trinajstić information content (AvgIpc) is 2.97. The molecule has 0 aliphatic heterocycles. The van der Waals surface area contributed by atoms with Crippen molar-refractivity contribution in [3.05, 3.63) is 51.2 Å². The molecule has 2 aromatic rings. The molecule has 0 aliphatic rings. The summed E-state index contributed by atoms with van der Waals surface area (Å²) in [4.78, 5) is 5.54. The predicted molar refractivity (Wildman–Crippen MR) is 94.6 cm³/mol. The van der Waals surface area contributed by atoms with Crippen molar-refractivity contribution in [2.75, 3.05) is 0 Å². The summed E-state index contributed by atoms with van der Waals surface area (Å²) in [5, 5.41) is 1.96. The van der Waals surface area contributed by atoms with Crippen molar-refractivity contribution in [2.45, 2.75) is 32.6 Å². The maximum absolute atomic E-state index is 13.7. The van der Waals surface area contributed by atoms with Gasteiger partial charge in [-0.2, -0.15) is 4.99 Å². The van der Waals surface area contributed by atoms with E-state index in [1.54, 1.807) is 11.3 Å². The van der Waals surface area contributed by atoms with Crippen LogP contribution < -0.4 is 0 Å². The molecule has 0 atom stereocenters. The smallest absolute Gasteiger partial charge is 0.153 e. The summed E-state index contributed by atoms with van der Waals surface area (Å²) in [6.07, 6.45) is 4.63. The van der Waals surface area contributed by atoms with E-state index in [2.05, 4.69) is 42.0 Å². The zero-order valence-corrected chi connectivity index (χ0v) is 14.3. The van der Waals surface area contributed by atoms with Crippen LogP contribution in [-0.4, -0.2) is 5.16 Å². The second kappa shape index (κ2) is 8.69. The first-order chi connectivity index (χ1) is 11.1. The minimum atomic E-state index is -0.793. The highest BCUT2D eigenvalue weighted by Crippen LogP contribution is 2.23. The van der Waals surface area contributed by atoms with Crippen LogP contribution in [0.2, 0.25) is 0 Å². The Labute approximate surface area is 144 Å². The van der Waals surface area contributed by atoms with Gasteiger partial charge in [-0.05, 0) is 49.3 Å². The highest BCUT2D eigenvalue weighted by Gasteiger charge is 2.09. The molecule has 2 rings (SSSR count). The van der Waals surface area contributed by atoms with Gasteiger partial charge in [0.05, 0.1) is 10.0 Å². The molecule has 0 radical (unpaired) electrons. The maximum atomic E-state index is 13.7. The van der Waals surface area contributed by atoms with E-state index in [-0.39, 0.29) is 5.56 Å². The van der Waals surface area contributed by atoms with E-state index in [1.165, 1.54) is 24.1 Å². The van der Waals surface area contributed by atoms with Crippen LogP contribution in [0.3, 0.4) is 0 Å². The number of isothiocyanates is 1. The molecule has 1 heterocycles. The zero-order chi connectivity index (χ0) is 16.7. The molecular weight excluding hydrogens is 332 g/mol. The van der Waals surface area contributed by atoms with Crippen molar-refractivity contribution in [1.29, 1.82) is 0 Å². The van der Waals surface area contributed by atoms with Crippen LogP contribution in [0.4, 0.5) is 14.5 Å². The van der Waals surface area contributed by atoms with Crippen LogP contribution in [0.15, 0.2) is 29.3 Å². The van der Waals surface area contributed by atoms with Gasteiger partial charge in [-0.25, -0.2) is 8.78 Å². The molecule has 0 unspecified atom stereocenters. The lowest BCUT2D eigenvalue weighted by atomic mass is 10.2. The second-order valence-electron chi connectivity index (χ2n) is 4.96. The molecule has 0 aliphatic carbocycles. The molecule has 0 fully saturated rings. The van der Waals surface area contributed by atoms with Gasteiger partial charge in [0, 0.05) is 10.4 Å². The summed E-state index contributed by atoms with van der Waals surface area (Å²) in [5.41, 5.74) is -0.163. The van der Waals surface area contributed by atoms with E-state index in [1.807, 2.05) is 11.2 Å². The number of aliphatic imine (C=N–C) groups is 1. The van der Waals surface area contributed by atoms with Gasteiger partial charge in [0.2, 0.25) is 0 Å². The highest BCUT2D eigenvalue weighted by molar-refractivity contribution is 7.78. The Bertz CT molecular complexity index is 770. The van der Waals surface area contributed by atoms with Crippen LogP contribution >= 0.6 is 23.6 Å². The first-order valence-electron chi connectivity index (χ1n) is 7.31. The quantitative estimate of drug-likeness (QED) is 0.284. The molecule has 118 valence electrons. The number of halogens is 2. The van der Waals surface area contributed by atoms with Crippen LogP contribution in [0.1, 0.15) is 41.5 Å². The Morgan fingerprint density at radius 1 is 1.13 bits per heavy atom. The summed E-state index contributed by atoms with van der Waals surface area (Å²) >= 11 is 5.98. The Morgan fingerprint density at radius 2 is 1.87 bits per heavy atom. The normalized spacial score (nSPS) is 9.87. The van der Waals surface area contributed by atoms with Gasteiger partial charge in [-0.3, -0.25) is 0 Å². The lowest BCUT2D eigenvalue weighted by Gasteiger charge is -1.98. The molecule has 5 heteroatoms. The molecule has 0 N–H and O–H groups in total. The fourth-order valence-electron chi connectivity index (χ4n) is 2.05. The van der Waals surface area contributed by atoms with E-state index in [0.717, 1.165) is 23.4 Å². The molecule has 0 amide bonds. The zero-order valence-electron chi connectivity index (χ0n) is 12.7. The summed E-state index contributed by atoms with van der Waals surface area (Å²) in [6.45, 7) is 2.17. The molecule has 1 aromatic heterocycles. The second-order valence-corrected chi connectivity index (χ2v) is 6.32. The number of rotatable bonds is 5. The van der Waals surface area contributed by atoms with E-state index >= 15 is 0 Å². The van der Waals surface area contributed by atoms with Crippen LogP contribution in [0, 0.1) is 23.5 Å². The Balaban J connectivity index is 2.14. The largest absolute Gasteiger partial charge is 0.204 e. The van der Waals surface area contributed by atoms with Crippen LogP contribution in [-0.2, 0) is 6.42 Å². The molecule has 0 saturated carbocycles. The Hall–Kier alpha value is -1.86. The fraction of sp³-hybridized carbons (Fsp3) is 0.278. The van der Waals surface area contributed by atoms with Crippen molar-refractivity contribution in [3.63, 3.8) is 0 Å². The molecule has 0 saturated heterocycles. The standard InChI is InChI=1S/C18H15F2NS2/c1-2-3-4-5-14-8-9-15(23-14)7-6-13-10-16(19)18(21-12-22)17(20)11-13/h8-11H,2-5H2,1H3. The highest BCUT2D eigenvalue weighted by atomic mass is 32.1. The number of thiophene rings is 1. The Kier molecular flexibility index (Phi) is 6.61. The van der Waals surface area contributed by atoms with Gasteiger partial charge >= 0.3 is 0 Å². The van der Waals surface area contributed by atoms with E-state index in [0.29, 0.717) is 0 Å². The molecule has 1 aromatic carbocycles. The summed E-state index contributed by atoms with van der Waals surface area (Å²) in [5.74, 6) is 4.14. The van der Waals surface area contributed by atoms with E-state index < -0.39 is 17.3 Å². The Morgan fingerprint density at radius 3 is 2.52 bits per heavy atom. The maximum Gasteiger partial charge on any atom is 0.153 e. The van der Waals surface area contributed by atoms with Crippen molar-refractivity contribution in [1.82, 2.24) is 0 Å². The van der Waals surface area contributed by atoms with Crippen molar-refractivity contribution < 1.29 is 8.78 Å². The number of unbranched alkanes of at least 4 members (excludes halogenated alkanes) is 2. The number of benzene rings is 1. The van der Waals surface area contributed by atoms with Gasteiger partial charge in [0.25, 0.3) is 0 Å². The fourth-order valence-corrected chi connectivity index (χ4v) is 3.05. The van der Waals surface area contributed by atoms with Crippen molar-refractivity contribution >= 4 is 34.4 Å². The van der Waals surface area contributed by atoms with E-state index in [9.17, 15) is 8.78 Å². The SMILES string of the molecule is CCCCCc1ccc(C#Cc2cc(F)c(N=C=S)c(F)c2)s1. The predicted octanol–water partition coefficient (Wildman–Crippen LogP) is 5.89. The molecular formula is C18H15F2NS2. The lowest BCUT2D eigenvalue weighted by Crippen LogP contribution is -1.86. The third-order valence-electron chi connectivity index (χ3n) is 3.19. The topological polar surface area (TPSA) is 12.4 Å². The van der Waals surface area contributed by atoms with Crippen LogP contribution in [0.25, 0.3) is 0 Å². The van der Waals surface area contributed by atoms with E-state index in [4.69, 9.17) is 0 Å². The summed E-state index contributed by atoms with van der Waals surface area (Å²) in [6, 6.07) is 6.30. The first kappa shape index (κ1) is 17.5. The molecule has 1 nitrogen and oxygen atoms in total. The molecule has 23 heavy (non-hydrogen) atoms. The van der Waals surface area contributed by atoms with Gasteiger partial charge in [0.1, 0.15) is 5.69 Å². The minimum absolute atomic E-state index is 0.268. The first-order valence-corrected chi connectivity index (χ1v) is 8.54. The molecule has 0 bridgehead atoms. The summed E-state index contributed by atoms with van der Waals surface area (Å²) in [7, 11) is 0. The van der Waals surface area contributed by atoms with Gasteiger partial charge in [-0.15, -0.1) is 11.3 Å². The molecule has 0 spiro atoms. The number of hydrogen-bond acceptors (Lipinski definition) is 3. The number of nitrogens with zero attached hydrogens (tertiary/aromatic N) is 1. The van der Waals surface area contributed by atoms with Gasteiger partial charge < -0.3 is 0 Å². The summed E-state index contributed by atoms with van der Waals surface area (Å²) < 4.78 is 27.4. The lowest BCUT2D eigenvalue weighted by molar-refractivity contribution is 0.587. The minimum Gasteiger partial charge on any atom is -0.204 e.